The van der Waals surface area contributed by atoms with Crippen LogP contribution in [0.3, 0.4) is 0 Å². The zero-order valence-electron chi connectivity index (χ0n) is 14.0. The molecule has 0 amide bonds. The standard InChI is InChI=1S/C22H16N2O2/c25-22(26)17(13-18-11-9-15-5-1-3-7-20(15)23-18)14-19-12-10-16-6-2-4-8-21(16)24-19/h1-13H,14H2,(H,25,26)/b17-13-. The van der Waals surface area contributed by atoms with Gasteiger partial charge in [-0.2, -0.15) is 0 Å². The van der Waals surface area contributed by atoms with Gasteiger partial charge in [-0.05, 0) is 30.3 Å². The lowest BCUT2D eigenvalue weighted by Crippen LogP contribution is -2.05. The van der Waals surface area contributed by atoms with E-state index < -0.39 is 5.97 Å². The van der Waals surface area contributed by atoms with Crippen molar-refractivity contribution in [2.24, 2.45) is 0 Å². The molecule has 2 heterocycles. The minimum atomic E-state index is -0.963. The molecular formula is C22H16N2O2. The van der Waals surface area contributed by atoms with Crippen molar-refractivity contribution in [3.8, 4) is 0 Å². The van der Waals surface area contributed by atoms with E-state index in [2.05, 4.69) is 9.97 Å². The van der Waals surface area contributed by atoms with Gasteiger partial charge in [0.05, 0.1) is 16.7 Å². The van der Waals surface area contributed by atoms with Crippen LogP contribution in [-0.4, -0.2) is 21.0 Å². The van der Waals surface area contributed by atoms with Crippen molar-refractivity contribution >= 4 is 33.9 Å². The van der Waals surface area contributed by atoms with Gasteiger partial charge in [0.15, 0.2) is 0 Å². The van der Waals surface area contributed by atoms with Crippen molar-refractivity contribution in [1.82, 2.24) is 9.97 Å². The first-order valence-corrected chi connectivity index (χ1v) is 8.33. The summed E-state index contributed by atoms with van der Waals surface area (Å²) in [6.07, 6.45) is 1.86. The molecule has 126 valence electrons. The van der Waals surface area contributed by atoms with E-state index in [0.717, 1.165) is 27.5 Å². The Kier molecular flexibility index (Phi) is 4.15. The first-order chi connectivity index (χ1) is 12.7. The Labute approximate surface area is 150 Å². The molecule has 0 aliphatic rings. The number of aromatic nitrogens is 2. The van der Waals surface area contributed by atoms with Crippen molar-refractivity contribution in [2.75, 3.05) is 0 Å². The maximum Gasteiger partial charge on any atom is 0.332 e. The minimum absolute atomic E-state index is 0.245. The number of rotatable bonds is 4. The molecule has 4 aromatic rings. The summed E-state index contributed by atoms with van der Waals surface area (Å²) in [5, 5.41) is 11.7. The average Bonchev–Trinajstić information content (AvgIpc) is 2.67. The fraction of sp³-hybridized carbons (Fsp3) is 0.0455. The number of carboxylic acids is 1. The topological polar surface area (TPSA) is 63.1 Å². The van der Waals surface area contributed by atoms with Gasteiger partial charge in [-0.15, -0.1) is 0 Å². The van der Waals surface area contributed by atoms with Gasteiger partial charge in [-0.1, -0.05) is 48.5 Å². The predicted octanol–water partition coefficient (Wildman–Crippen LogP) is 4.49. The normalized spacial score (nSPS) is 11.8. The van der Waals surface area contributed by atoms with Gasteiger partial charge in [-0.25, -0.2) is 9.78 Å². The van der Waals surface area contributed by atoms with Crippen molar-refractivity contribution in [2.45, 2.75) is 6.42 Å². The third kappa shape index (κ3) is 3.30. The number of pyridine rings is 2. The van der Waals surface area contributed by atoms with Gasteiger partial charge >= 0.3 is 5.97 Å². The predicted molar refractivity (Wildman–Crippen MR) is 103 cm³/mol. The van der Waals surface area contributed by atoms with Gasteiger partial charge < -0.3 is 5.11 Å². The number of aliphatic carboxylic acids is 1. The van der Waals surface area contributed by atoms with Crippen LogP contribution >= 0.6 is 0 Å². The third-order valence-corrected chi connectivity index (χ3v) is 4.24. The lowest BCUT2D eigenvalue weighted by atomic mass is 10.1. The Hall–Kier alpha value is -3.53. The van der Waals surface area contributed by atoms with Gasteiger partial charge in [-0.3, -0.25) is 4.98 Å². The minimum Gasteiger partial charge on any atom is -0.478 e. The first kappa shape index (κ1) is 16.0. The van der Waals surface area contributed by atoms with E-state index in [1.807, 2.05) is 72.8 Å². The van der Waals surface area contributed by atoms with E-state index >= 15 is 0 Å². The van der Waals surface area contributed by atoms with Crippen molar-refractivity contribution < 1.29 is 9.90 Å². The molecule has 2 aromatic carbocycles. The SMILES string of the molecule is O=C(O)/C(=C\c1ccc2ccccc2n1)Cc1ccc2ccccc2n1. The monoisotopic (exact) mass is 340 g/mol. The number of nitrogens with zero attached hydrogens (tertiary/aromatic N) is 2. The molecule has 4 nitrogen and oxygen atoms in total. The first-order valence-electron chi connectivity index (χ1n) is 8.33. The molecule has 0 radical (unpaired) electrons. The third-order valence-electron chi connectivity index (χ3n) is 4.24. The van der Waals surface area contributed by atoms with Crippen LogP contribution in [0.15, 0.2) is 78.4 Å². The van der Waals surface area contributed by atoms with Crippen LogP contribution in [0.2, 0.25) is 0 Å². The highest BCUT2D eigenvalue weighted by atomic mass is 16.4. The van der Waals surface area contributed by atoms with Crippen LogP contribution in [0.5, 0.6) is 0 Å². The molecule has 1 N–H and O–H groups in total. The van der Waals surface area contributed by atoms with Gasteiger partial charge in [0.2, 0.25) is 0 Å². The number of benzene rings is 2. The van der Waals surface area contributed by atoms with Crippen molar-refractivity contribution in [3.05, 3.63) is 89.8 Å². The van der Waals surface area contributed by atoms with Crippen molar-refractivity contribution in [1.29, 1.82) is 0 Å². The lowest BCUT2D eigenvalue weighted by Gasteiger charge is -2.05. The summed E-state index contributed by atoms with van der Waals surface area (Å²) in [5.41, 5.74) is 3.31. The average molecular weight is 340 g/mol. The molecule has 0 spiro atoms. The van der Waals surface area contributed by atoms with Crippen molar-refractivity contribution in [3.63, 3.8) is 0 Å². The summed E-state index contributed by atoms with van der Waals surface area (Å²) in [6.45, 7) is 0. The smallest absolute Gasteiger partial charge is 0.332 e. The van der Waals surface area contributed by atoms with E-state index in [4.69, 9.17) is 0 Å². The number of hydrogen-bond acceptors (Lipinski definition) is 3. The fourth-order valence-corrected chi connectivity index (χ4v) is 2.93. The maximum atomic E-state index is 11.7. The Balaban J connectivity index is 1.69. The highest BCUT2D eigenvalue weighted by Gasteiger charge is 2.11. The van der Waals surface area contributed by atoms with Crippen LogP contribution in [0.1, 0.15) is 11.4 Å². The summed E-state index contributed by atoms with van der Waals surface area (Å²) in [7, 11) is 0. The Morgan fingerprint density at radius 2 is 1.42 bits per heavy atom. The van der Waals surface area contributed by atoms with E-state index in [0.29, 0.717) is 5.69 Å². The second-order valence-corrected chi connectivity index (χ2v) is 6.08. The summed E-state index contributed by atoms with van der Waals surface area (Å²) in [5.74, 6) is -0.963. The Morgan fingerprint density at radius 1 is 0.808 bits per heavy atom. The molecule has 0 saturated carbocycles. The summed E-state index contributed by atoms with van der Waals surface area (Å²) >= 11 is 0. The Bertz CT molecular complexity index is 1150. The number of fused-ring (bicyclic) bond motifs is 2. The molecule has 0 saturated heterocycles. The Morgan fingerprint density at radius 3 is 2.12 bits per heavy atom. The molecule has 0 unspecified atom stereocenters. The molecular weight excluding hydrogens is 324 g/mol. The number of para-hydroxylation sites is 2. The lowest BCUT2D eigenvalue weighted by molar-refractivity contribution is -0.132. The molecule has 0 aliphatic heterocycles. The van der Waals surface area contributed by atoms with Crippen LogP contribution in [-0.2, 0) is 11.2 Å². The number of carbonyl (C=O) groups is 1. The molecule has 0 fully saturated rings. The van der Waals surface area contributed by atoms with E-state index in [1.165, 1.54) is 0 Å². The van der Waals surface area contributed by atoms with Gasteiger partial charge in [0.1, 0.15) is 0 Å². The molecule has 26 heavy (non-hydrogen) atoms. The van der Waals surface area contributed by atoms with Crippen LogP contribution in [0, 0.1) is 0 Å². The number of hydrogen-bond donors (Lipinski definition) is 1. The van der Waals surface area contributed by atoms with E-state index in [9.17, 15) is 9.90 Å². The fourth-order valence-electron chi connectivity index (χ4n) is 2.93. The molecule has 0 atom stereocenters. The maximum absolute atomic E-state index is 11.7. The largest absolute Gasteiger partial charge is 0.478 e. The molecule has 2 aromatic heterocycles. The van der Waals surface area contributed by atoms with Gasteiger partial charge in [0.25, 0.3) is 0 Å². The highest BCUT2D eigenvalue weighted by Crippen LogP contribution is 2.17. The van der Waals surface area contributed by atoms with E-state index in [-0.39, 0.29) is 12.0 Å². The molecule has 0 aliphatic carbocycles. The van der Waals surface area contributed by atoms with E-state index in [1.54, 1.807) is 6.08 Å². The summed E-state index contributed by atoms with van der Waals surface area (Å²) in [6, 6.07) is 23.2. The van der Waals surface area contributed by atoms with Crippen LogP contribution < -0.4 is 0 Å². The quantitative estimate of drug-likeness (QED) is 0.556. The second kappa shape index (κ2) is 6.76. The zero-order valence-corrected chi connectivity index (χ0v) is 14.0. The van der Waals surface area contributed by atoms with Crippen LogP contribution in [0.25, 0.3) is 27.9 Å². The molecule has 4 rings (SSSR count). The molecule has 4 heteroatoms. The number of carboxylic acid groups (broad SMARTS) is 1. The highest BCUT2D eigenvalue weighted by molar-refractivity contribution is 5.93. The molecule has 0 bridgehead atoms. The van der Waals surface area contributed by atoms with Gasteiger partial charge in [0, 0.05) is 28.5 Å². The summed E-state index contributed by atoms with van der Waals surface area (Å²) in [4.78, 5) is 20.8. The second-order valence-electron chi connectivity index (χ2n) is 6.08. The van der Waals surface area contributed by atoms with Crippen LogP contribution in [0.4, 0.5) is 0 Å². The zero-order chi connectivity index (χ0) is 17.9. The summed E-state index contributed by atoms with van der Waals surface area (Å²) < 4.78 is 0.